The Morgan fingerprint density at radius 1 is 1.32 bits per heavy atom. The molecule has 0 amide bonds. The van der Waals surface area contributed by atoms with E-state index in [1.54, 1.807) is 5.01 Å². The quantitative estimate of drug-likeness (QED) is 0.452. The van der Waals surface area contributed by atoms with Crippen LogP contribution < -0.4 is 11.6 Å². The number of hydrogen-bond acceptors (Lipinski definition) is 5. The lowest BCUT2D eigenvalue weighted by molar-refractivity contribution is -0.116. The van der Waals surface area contributed by atoms with Gasteiger partial charge < -0.3 is 15.5 Å². The van der Waals surface area contributed by atoms with Gasteiger partial charge in [-0.3, -0.25) is 4.79 Å². The van der Waals surface area contributed by atoms with Crippen molar-refractivity contribution in [1.82, 2.24) is 5.01 Å². The largest absolute Gasteiger partial charge is 0.394 e. The third-order valence-corrected chi connectivity index (χ3v) is 4.70. The monoisotopic (exact) mass is 265 g/mol. The number of Topliss-reactive ketones (excluding diaryl/α,β-unsaturated/α-hetero) is 1. The predicted molar refractivity (Wildman–Crippen MR) is 71.6 cm³/mol. The van der Waals surface area contributed by atoms with E-state index in [4.69, 9.17) is 16.3 Å². The summed E-state index contributed by atoms with van der Waals surface area (Å²) in [5, 5.41) is 1.70. The highest BCUT2D eigenvalue weighted by Crippen LogP contribution is 2.44. The minimum atomic E-state index is -0.346. The maximum Gasteiger partial charge on any atom is 0.180 e. The summed E-state index contributed by atoms with van der Waals surface area (Å²) in [6, 6.07) is 0. The lowest BCUT2D eigenvalue weighted by Gasteiger charge is -2.34. The molecular formula is C14H23N3O2. The number of ketones is 1. The average molecular weight is 265 g/mol. The minimum absolute atomic E-state index is 0.00946. The van der Waals surface area contributed by atoms with Crippen molar-refractivity contribution in [3.05, 3.63) is 11.4 Å². The summed E-state index contributed by atoms with van der Waals surface area (Å²) in [6.07, 6.45) is 7.55. The number of ether oxygens (including phenoxy) is 1. The van der Waals surface area contributed by atoms with Gasteiger partial charge in [0.15, 0.2) is 5.78 Å². The van der Waals surface area contributed by atoms with Gasteiger partial charge in [0, 0.05) is 13.0 Å². The fourth-order valence-electron chi connectivity index (χ4n) is 3.47. The lowest BCUT2D eigenvalue weighted by Crippen LogP contribution is -2.45. The standard InChI is InChI=1S/C14H23N3O2/c15-12-11(18)6-7-14(9-19-14)13(12)17(16)8-10-4-2-1-3-5-10/h10H,1-9,15-16H2. The Morgan fingerprint density at radius 3 is 2.63 bits per heavy atom. The van der Waals surface area contributed by atoms with Crippen LogP contribution in [0.5, 0.6) is 0 Å². The first-order valence-corrected chi connectivity index (χ1v) is 7.32. The van der Waals surface area contributed by atoms with E-state index in [1.165, 1.54) is 32.1 Å². The lowest BCUT2D eigenvalue weighted by atomic mass is 9.86. The third-order valence-electron chi connectivity index (χ3n) is 4.70. The van der Waals surface area contributed by atoms with Gasteiger partial charge in [-0.15, -0.1) is 0 Å². The predicted octanol–water partition coefficient (Wildman–Crippen LogP) is 1.04. The summed E-state index contributed by atoms with van der Waals surface area (Å²) in [5.74, 6) is 6.84. The van der Waals surface area contributed by atoms with Crippen molar-refractivity contribution < 1.29 is 9.53 Å². The van der Waals surface area contributed by atoms with Gasteiger partial charge in [-0.05, 0) is 25.2 Å². The Bertz CT molecular complexity index is 409. The highest BCUT2D eigenvalue weighted by Gasteiger charge is 2.54. The van der Waals surface area contributed by atoms with Gasteiger partial charge in [0.05, 0.1) is 18.0 Å². The van der Waals surface area contributed by atoms with E-state index in [1.807, 2.05) is 0 Å². The van der Waals surface area contributed by atoms with E-state index in [2.05, 4.69) is 0 Å². The highest BCUT2D eigenvalue weighted by atomic mass is 16.6. The van der Waals surface area contributed by atoms with Crippen molar-refractivity contribution in [2.75, 3.05) is 13.2 Å². The number of nitrogens with two attached hydrogens (primary N) is 2. The van der Waals surface area contributed by atoms with Crippen LogP contribution in [0.4, 0.5) is 0 Å². The second kappa shape index (κ2) is 4.80. The van der Waals surface area contributed by atoms with Crippen LogP contribution >= 0.6 is 0 Å². The summed E-state index contributed by atoms with van der Waals surface area (Å²) in [6.45, 7) is 1.43. The summed E-state index contributed by atoms with van der Waals surface area (Å²) < 4.78 is 5.57. The molecule has 3 aliphatic rings. The fourth-order valence-corrected chi connectivity index (χ4v) is 3.47. The fraction of sp³-hybridized carbons (Fsp3) is 0.786. The molecule has 1 unspecified atom stereocenters. The van der Waals surface area contributed by atoms with Crippen LogP contribution in [0.3, 0.4) is 0 Å². The van der Waals surface area contributed by atoms with Crippen LogP contribution in [-0.2, 0) is 9.53 Å². The molecule has 3 rings (SSSR count). The molecule has 0 aromatic carbocycles. The number of epoxide rings is 1. The summed E-state index contributed by atoms with van der Waals surface area (Å²) in [7, 11) is 0. The average Bonchev–Trinajstić information content (AvgIpc) is 3.16. The molecule has 2 aliphatic carbocycles. The molecule has 1 saturated carbocycles. The van der Waals surface area contributed by atoms with Crippen molar-refractivity contribution in [3.63, 3.8) is 0 Å². The molecule has 1 spiro atoms. The molecule has 2 fully saturated rings. The minimum Gasteiger partial charge on any atom is -0.394 e. The van der Waals surface area contributed by atoms with E-state index >= 15 is 0 Å². The first kappa shape index (κ1) is 12.9. The third kappa shape index (κ3) is 2.37. The molecule has 19 heavy (non-hydrogen) atoms. The Morgan fingerprint density at radius 2 is 2.00 bits per heavy atom. The summed E-state index contributed by atoms with van der Waals surface area (Å²) in [5.41, 5.74) is 6.69. The maximum atomic E-state index is 11.8. The molecule has 1 saturated heterocycles. The van der Waals surface area contributed by atoms with Gasteiger partial charge in [0.1, 0.15) is 5.60 Å². The van der Waals surface area contributed by atoms with Crippen molar-refractivity contribution >= 4 is 5.78 Å². The van der Waals surface area contributed by atoms with Gasteiger partial charge in [-0.25, -0.2) is 5.84 Å². The molecule has 1 heterocycles. The Hall–Kier alpha value is -1.07. The molecule has 1 atom stereocenters. The molecule has 5 heteroatoms. The van der Waals surface area contributed by atoms with E-state index in [0.29, 0.717) is 24.6 Å². The van der Waals surface area contributed by atoms with E-state index in [9.17, 15) is 4.79 Å². The van der Waals surface area contributed by atoms with Crippen molar-refractivity contribution in [2.24, 2.45) is 17.5 Å². The first-order chi connectivity index (χ1) is 9.12. The number of carbonyl (C=O) groups excluding carboxylic acids is 1. The molecule has 4 N–H and O–H groups in total. The van der Waals surface area contributed by atoms with Gasteiger partial charge in [0.25, 0.3) is 0 Å². The smallest absolute Gasteiger partial charge is 0.180 e. The van der Waals surface area contributed by atoms with E-state index in [0.717, 1.165) is 18.7 Å². The Labute approximate surface area is 113 Å². The van der Waals surface area contributed by atoms with Gasteiger partial charge >= 0.3 is 0 Å². The number of hydrogen-bond donors (Lipinski definition) is 2. The number of hydrazine groups is 1. The zero-order valence-corrected chi connectivity index (χ0v) is 11.4. The van der Waals surface area contributed by atoms with E-state index in [-0.39, 0.29) is 11.4 Å². The van der Waals surface area contributed by atoms with Crippen LogP contribution in [0.2, 0.25) is 0 Å². The Balaban J connectivity index is 1.75. The van der Waals surface area contributed by atoms with Crippen LogP contribution in [0.25, 0.3) is 0 Å². The highest BCUT2D eigenvalue weighted by molar-refractivity contribution is 5.96. The zero-order chi connectivity index (χ0) is 13.5. The molecule has 5 nitrogen and oxygen atoms in total. The molecule has 106 valence electrons. The number of carbonyl (C=O) groups is 1. The summed E-state index contributed by atoms with van der Waals surface area (Å²) >= 11 is 0. The topological polar surface area (TPSA) is 84.9 Å². The maximum absolute atomic E-state index is 11.8. The second-order valence-electron chi connectivity index (χ2n) is 6.12. The Kier molecular flexibility index (Phi) is 3.27. The van der Waals surface area contributed by atoms with Crippen molar-refractivity contribution in [3.8, 4) is 0 Å². The van der Waals surface area contributed by atoms with Gasteiger partial charge in [-0.2, -0.15) is 0 Å². The molecule has 1 aliphatic heterocycles. The SMILES string of the molecule is NC1=C(N(N)CC2CCCCC2)C2(CCC1=O)CO2. The van der Waals surface area contributed by atoms with Crippen LogP contribution in [-0.4, -0.2) is 29.5 Å². The molecule has 0 aromatic heterocycles. The van der Waals surface area contributed by atoms with E-state index < -0.39 is 0 Å². The van der Waals surface area contributed by atoms with Crippen molar-refractivity contribution in [2.45, 2.75) is 50.5 Å². The van der Waals surface area contributed by atoms with Gasteiger partial charge in [-0.1, -0.05) is 19.3 Å². The number of allylic oxidation sites excluding steroid dienone is 1. The molecular weight excluding hydrogens is 242 g/mol. The zero-order valence-electron chi connectivity index (χ0n) is 11.4. The second-order valence-corrected chi connectivity index (χ2v) is 6.12. The first-order valence-electron chi connectivity index (χ1n) is 7.32. The number of nitrogens with zero attached hydrogens (tertiary/aromatic N) is 1. The molecule has 0 radical (unpaired) electrons. The van der Waals surface area contributed by atoms with Crippen LogP contribution in [0.1, 0.15) is 44.9 Å². The van der Waals surface area contributed by atoms with Crippen LogP contribution in [0, 0.1) is 5.92 Å². The number of rotatable bonds is 3. The summed E-state index contributed by atoms with van der Waals surface area (Å²) in [4.78, 5) is 11.8. The van der Waals surface area contributed by atoms with Crippen LogP contribution in [0.15, 0.2) is 11.4 Å². The van der Waals surface area contributed by atoms with Crippen molar-refractivity contribution in [1.29, 1.82) is 0 Å². The molecule has 0 aromatic rings. The normalized spacial score (nSPS) is 31.9. The molecule has 0 bridgehead atoms. The van der Waals surface area contributed by atoms with Gasteiger partial charge in [0.2, 0.25) is 0 Å².